The monoisotopic (exact) mass is 368 g/mol. The lowest BCUT2D eigenvalue weighted by atomic mass is 10.0. The van der Waals surface area contributed by atoms with E-state index in [1.165, 1.54) is 9.87 Å². The van der Waals surface area contributed by atoms with Crippen LogP contribution in [0, 0.1) is 0 Å². The first-order valence-corrected chi connectivity index (χ1v) is 10.3. The van der Waals surface area contributed by atoms with Gasteiger partial charge in [0.25, 0.3) is 0 Å². The fourth-order valence-corrected chi connectivity index (χ4v) is 4.97. The van der Waals surface area contributed by atoms with Gasteiger partial charge in [-0.3, -0.25) is 9.69 Å². The first kappa shape index (κ1) is 19.9. The van der Waals surface area contributed by atoms with Crippen molar-refractivity contribution in [2.45, 2.75) is 50.5 Å². The summed E-state index contributed by atoms with van der Waals surface area (Å²) >= 11 is 0. The van der Waals surface area contributed by atoms with Crippen molar-refractivity contribution in [2.75, 3.05) is 26.7 Å². The molecule has 1 N–H and O–H groups in total. The first-order valence-electron chi connectivity index (χ1n) is 8.83. The second-order valence-corrected chi connectivity index (χ2v) is 8.52. The number of carboxylic acid groups (broad SMARTS) is 1. The van der Waals surface area contributed by atoms with Crippen LogP contribution in [0.25, 0.3) is 0 Å². The van der Waals surface area contributed by atoms with Crippen molar-refractivity contribution in [2.24, 2.45) is 0 Å². The van der Waals surface area contributed by atoms with E-state index in [1.54, 1.807) is 24.1 Å². The van der Waals surface area contributed by atoms with E-state index in [1.807, 2.05) is 13.0 Å². The quantitative estimate of drug-likeness (QED) is 0.796. The van der Waals surface area contributed by atoms with Crippen LogP contribution in [0.5, 0.6) is 0 Å². The summed E-state index contributed by atoms with van der Waals surface area (Å²) in [5.41, 5.74) is 2.27. The Kier molecular flexibility index (Phi) is 6.59. The Morgan fingerprint density at radius 1 is 1.20 bits per heavy atom. The van der Waals surface area contributed by atoms with Crippen molar-refractivity contribution < 1.29 is 18.3 Å². The Balaban J connectivity index is 2.10. The molecule has 1 heterocycles. The van der Waals surface area contributed by atoms with Gasteiger partial charge in [0.05, 0.1) is 11.4 Å². The molecule has 1 fully saturated rings. The largest absolute Gasteiger partial charge is 0.480 e. The van der Waals surface area contributed by atoms with Crippen LogP contribution >= 0.6 is 0 Å². The van der Waals surface area contributed by atoms with Gasteiger partial charge in [0.15, 0.2) is 0 Å². The summed E-state index contributed by atoms with van der Waals surface area (Å²) in [5, 5.41) is 8.89. The van der Waals surface area contributed by atoms with Crippen molar-refractivity contribution in [3.05, 3.63) is 29.3 Å². The molecule has 0 aliphatic carbocycles. The molecule has 0 bridgehead atoms. The third-order valence-corrected chi connectivity index (χ3v) is 6.90. The third-order valence-electron chi connectivity index (χ3n) is 5.01. The number of carbonyl (C=O) groups is 1. The predicted octanol–water partition coefficient (Wildman–Crippen LogP) is 1.98. The van der Waals surface area contributed by atoms with E-state index in [0.717, 1.165) is 18.4 Å². The van der Waals surface area contributed by atoms with Gasteiger partial charge in [0.2, 0.25) is 10.0 Å². The van der Waals surface area contributed by atoms with Crippen LogP contribution in [0.2, 0.25) is 0 Å². The molecule has 0 atom stereocenters. The molecule has 140 valence electrons. The Hall–Kier alpha value is -1.44. The number of hydrogen-bond acceptors (Lipinski definition) is 4. The second kappa shape index (κ2) is 8.29. The van der Waals surface area contributed by atoms with E-state index in [2.05, 4.69) is 6.92 Å². The number of aryl methyl sites for hydroxylation is 2. The van der Waals surface area contributed by atoms with Crippen LogP contribution in [0.4, 0.5) is 0 Å². The molecule has 1 aromatic carbocycles. The zero-order valence-electron chi connectivity index (χ0n) is 15.2. The smallest absolute Gasteiger partial charge is 0.317 e. The Morgan fingerprint density at radius 2 is 1.80 bits per heavy atom. The number of benzene rings is 1. The average molecular weight is 368 g/mol. The van der Waals surface area contributed by atoms with E-state index < -0.39 is 16.0 Å². The standard InChI is InChI=1S/C18H28N2O4S/c1-4-14-6-7-17(12-15(14)5-2)25(23,24)20-10-8-16(9-11-20)19(3)13-18(21)22/h6-7,12,16H,4-5,8-11,13H2,1-3H3,(H,21,22). The molecule has 0 unspecified atom stereocenters. The molecule has 1 aliphatic rings. The van der Waals surface area contributed by atoms with Gasteiger partial charge < -0.3 is 5.11 Å². The number of aliphatic carboxylic acids is 1. The molecule has 2 rings (SSSR count). The molecule has 7 heteroatoms. The molecule has 0 aromatic heterocycles. The Bertz CT molecular complexity index is 710. The lowest BCUT2D eigenvalue weighted by Crippen LogP contribution is -2.46. The van der Waals surface area contributed by atoms with Gasteiger partial charge >= 0.3 is 5.97 Å². The molecule has 1 saturated heterocycles. The van der Waals surface area contributed by atoms with E-state index in [0.29, 0.717) is 30.8 Å². The van der Waals surface area contributed by atoms with Gasteiger partial charge in [-0.1, -0.05) is 19.9 Å². The number of carboxylic acids is 1. The maximum absolute atomic E-state index is 12.9. The minimum absolute atomic E-state index is 0.0181. The van der Waals surface area contributed by atoms with Crippen LogP contribution in [-0.4, -0.2) is 61.4 Å². The molecule has 1 aliphatic heterocycles. The Morgan fingerprint density at radius 3 is 2.32 bits per heavy atom. The fourth-order valence-electron chi connectivity index (χ4n) is 3.45. The Labute approximate surface area is 150 Å². The SMILES string of the molecule is CCc1ccc(S(=O)(=O)N2CCC(N(C)CC(=O)O)CC2)cc1CC. The second-order valence-electron chi connectivity index (χ2n) is 6.58. The van der Waals surface area contributed by atoms with Crippen LogP contribution in [0.1, 0.15) is 37.8 Å². The van der Waals surface area contributed by atoms with Crippen molar-refractivity contribution in [1.29, 1.82) is 0 Å². The summed E-state index contributed by atoms with van der Waals surface area (Å²) in [7, 11) is -1.72. The maximum Gasteiger partial charge on any atom is 0.317 e. The zero-order chi connectivity index (χ0) is 18.6. The van der Waals surface area contributed by atoms with Crippen LogP contribution in [0.3, 0.4) is 0 Å². The first-order chi connectivity index (χ1) is 11.8. The van der Waals surface area contributed by atoms with Gasteiger partial charge in [0, 0.05) is 19.1 Å². The molecular formula is C18H28N2O4S. The van der Waals surface area contributed by atoms with Crippen molar-refractivity contribution >= 4 is 16.0 Å². The van der Waals surface area contributed by atoms with E-state index in [-0.39, 0.29) is 12.6 Å². The molecular weight excluding hydrogens is 340 g/mol. The minimum Gasteiger partial charge on any atom is -0.480 e. The maximum atomic E-state index is 12.9. The van der Waals surface area contributed by atoms with Crippen LogP contribution < -0.4 is 0 Å². The summed E-state index contributed by atoms with van der Waals surface area (Å²) in [4.78, 5) is 13.0. The topological polar surface area (TPSA) is 77.9 Å². The lowest BCUT2D eigenvalue weighted by molar-refractivity contribution is -0.138. The minimum atomic E-state index is -3.49. The highest BCUT2D eigenvalue weighted by molar-refractivity contribution is 7.89. The molecule has 0 saturated carbocycles. The van der Waals surface area contributed by atoms with Crippen molar-refractivity contribution in [3.63, 3.8) is 0 Å². The lowest BCUT2D eigenvalue weighted by Gasteiger charge is -2.35. The highest BCUT2D eigenvalue weighted by atomic mass is 32.2. The van der Waals surface area contributed by atoms with Crippen LogP contribution in [0.15, 0.2) is 23.1 Å². The normalized spacial score (nSPS) is 17.1. The molecule has 0 radical (unpaired) electrons. The van der Waals surface area contributed by atoms with Gasteiger partial charge in [0.1, 0.15) is 0 Å². The zero-order valence-corrected chi connectivity index (χ0v) is 16.1. The van der Waals surface area contributed by atoms with Crippen LogP contribution in [-0.2, 0) is 27.7 Å². The van der Waals surface area contributed by atoms with Gasteiger partial charge in [-0.25, -0.2) is 8.42 Å². The molecule has 25 heavy (non-hydrogen) atoms. The van der Waals surface area contributed by atoms with Crippen molar-refractivity contribution in [3.8, 4) is 0 Å². The number of rotatable bonds is 7. The average Bonchev–Trinajstić information content (AvgIpc) is 2.60. The fraction of sp³-hybridized carbons (Fsp3) is 0.611. The predicted molar refractivity (Wildman–Crippen MR) is 97.2 cm³/mol. The summed E-state index contributed by atoms with van der Waals surface area (Å²) < 4.78 is 27.4. The number of sulfonamides is 1. The van der Waals surface area contributed by atoms with E-state index in [4.69, 9.17) is 5.11 Å². The molecule has 0 spiro atoms. The van der Waals surface area contributed by atoms with Gasteiger partial charge in [-0.05, 0) is 56.0 Å². The van der Waals surface area contributed by atoms with Crippen molar-refractivity contribution in [1.82, 2.24) is 9.21 Å². The molecule has 1 aromatic rings. The third kappa shape index (κ3) is 4.59. The highest BCUT2D eigenvalue weighted by Crippen LogP contribution is 2.25. The summed E-state index contributed by atoms with van der Waals surface area (Å²) in [6.07, 6.45) is 3.01. The summed E-state index contributed by atoms with van der Waals surface area (Å²) in [6, 6.07) is 5.53. The number of piperidine rings is 1. The van der Waals surface area contributed by atoms with E-state index in [9.17, 15) is 13.2 Å². The van der Waals surface area contributed by atoms with E-state index >= 15 is 0 Å². The highest BCUT2D eigenvalue weighted by Gasteiger charge is 2.31. The van der Waals surface area contributed by atoms with Gasteiger partial charge in [-0.2, -0.15) is 4.31 Å². The number of nitrogens with zero attached hydrogens (tertiary/aromatic N) is 2. The summed E-state index contributed by atoms with van der Waals surface area (Å²) in [5.74, 6) is -0.860. The molecule has 6 nitrogen and oxygen atoms in total. The van der Waals surface area contributed by atoms with Gasteiger partial charge in [-0.15, -0.1) is 0 Å². The molecule has 0 amide bonds. The number of likely N-dealkylation sites (N-methyl/N-ethyl adjacent to an activating group) is 1. The number of hydrogen-bond donors (Lipinski definition) is 1. The summed E-state index contributed by atoms with van der Waals surface area (Å²) in [6.45, 7) is 4.94.